The molecule has 1 heterocycles. The second kappa shape index (κ2) is 7.81. The Labute approximate surface area is 142 Å². The minimum atomic E-state index is 0.231. The zero-order valence-electron chi connectivity index (χ0n) is 11.1. The van der Waals surface area contributed by atoms with Gasteiger partial charge in [-0.25, -0.2) is 0 Å². The second-order valence-corrected chi connectivity index (χ2v) is 7.70. The molecule has 108 valence electrons. The zero-order chi connectivity index (χ0) is 14.5. The van der Waals surface area contributed by atoms with Gasteiger partial charge in [-0.3, -0.25) is 0 Å². The molecule has 1 nitrogen and oxygen atoms in total. The SMILES string of the molecule is CCCNC(Cc1c(Cl)cccc1Cl)c1csc(Br)c1. The predicted molar refractivity (Wildman–Crippen MR) is 93.2 cm³/mol. The summed E-state index contributed by atoms with van der Waals surface area (Å²) >= 11 is 17.8. The molecule has 0 aliphatic carbocycles. The summed E-state index contributed by atoms with van der Waals surface area (Å²) in [7, 11) is 0. The Hall–Kier alpha value is -0.0600. The van der Waals surface area contributed by atoms with Crippen LogP contribution in [0.5, 0.6) is 0 Å². The van der Waals surface area contributed by atoms with Gasteiger partial charge in [-0.1, -0.05) is 36.2 Å². The monoisotopic (exact) mass is 391 g/mol. The van der Waals surface area contributed by atoms with Crippen LogP contribution in [-0.2, 0) is 6.42 Å². The summed E-state index contributed by atoms with van der Waals surface area (Å²) in [6.45, 7) is 3.14. The van der Waals surface area contributed by atoms with E-state index in [0.717, 1.165) is 38.8 Å². The van der Waals surface area contributed by atoms with E-state index in [-0.39, 0.29) is 6.04 Å². The molecule has 5 heteroatoms. The van der Waals surface area contributed by atoms with E-state index in [2.05, 4.69) is 39.6 Å². The van der Waals surface area contributed by atoms with E-state index >= 15 is 0 Å². The molecule has 1 aromatic heterocycles. The first-order valence-corrected chi connectivity index (χ1v) is 8.95. The molecule has 2 rings (SSSR count). The molecule has 0 saturated carbocycles. The summed E-state index contributed by atoms with van der Waals surface area (Å²) in [5.74, 6) is 0. The van der Waals surface area contributed by atoms with Crippen molar-refractivity contribution in [1.82, 2.24) is 5.32 Å². The maximum absolute atomic E-state index is 6.28. The highest BCUT2D eigenvalue weighted by atomic mass is 79.9. The van der Waals surface area contributed by atoms with Crippen LogP contribution >= 0.6 is 50.5 Å². The number of halogens is 3. The lowest BCUT2D eigenvalue weighted by Crippen LogP contribution is -2.23. The van der Waals surface area contributed by atoms with E-state index in [1.807, 2.05) is 18.2 Å². The molecular weight excluding hydrogens is 377 g/mol. The van der Waals surface area contributed by atoms with E-state index in [1.165, 1.54) is 5.56 Å². The van der Waals surface area contributed by atoms with Crippen molar-refractivity contribution in [3.8, 4) is 0 Å². The van der Waals surface area contributed by atoms with Crippen LogP contribution in [0.2, 0.25) is 10.0 Å². The number of rotatable bonds is 6. The fourth-order valence-corrected chi connectivity index (χ4v) is 3.85. The van der Waals surface area contributed by atoms with Gasteiger partial charge in [-0.2, -0.15) is 0 Å². The Morgan fingerprint density at radius 1 is 1.30 bits per heavy atom. The first-order valence-electron chi connectivity index (χ1n) is 6.52. The molecule has 0 fully saturated rings. The number of hydrogen-bond donors (Lipinski definition) is 1. The van der Waals surface area contributed by atoms with Gasteiger partial charge < -0.3 is 5.32 Å². The molecule has 1 N–H and O–H groups in total. The van der Waals surface area contributed by atoms with Crippen molar-refractivity contribution in [3.05, 3.63) is 54.6 Å². The van der Waals surface area contributed by atoms with Crippen molar-refractivity contribution in [2.75, 3.05) is 6.54 Å². The number of thiophene rings is 1. The number of hydrogen-bond acceptors (Lipinski definition) is 2. The van der Waals surface area contributed by atoms with Crippen molar-refractivity contribution < 1.29 is 0 Å². The van der Waals surface area contributed by atoms with Crippen LogP contribution in [0.3, 0.4) is 0 Å². The van der Waals surface area contributed by atoms with Crippen LogP contribution < -0.4 is 5.32 Å². The van der Waals surface area contributed by atoms with E-state index in [1.54, 1.807) is 11.3 Å². The Morgan fingerprint density at radius 3 is 2.55 bits per heavy atom. The molecule has 0 bridgehead atoms. The van der Waals surface area contributed by atoms with Gasteiger partial charge >= 0.3 is 0 Å². The molecule has 1 aromatic carbocycles. The molecule has 2 aromatic rings. The van der Waals surface area contributed by atoms with Crippen LogP contribution in [0.25, 0.3) is 0 Å². The zero-order valence-corrected chi connectivity index (χ0v) is 15.0. The van der Waals surface area contributed by atoms with Gasteiger partial charge in [0, 0.05) is 16.1 Å². The molecule has 0 aliphatic heterocycles. The molecule has 0 saturated heterocycles. The normalized spacial score (nSPS) is 12.6. The summed E-state index contributed by atoms with van der Waals surface area (Å²) in [4.78, 5) is 0. The smallest absolute Gasteiger partial charge is 0.0701 e. The van der Waals surface area contributed by atoms with E-state index < -0.39 is 0 Å². The van der Waals surface area contributed by atoms with Crippen molar-refractivity contribution >= 4 is 50.5 Å². The molecule has 20 heavy (non-hydrogen) atoms. The molecule has 0 radical (unpaired) electrons. The summed E-state index contributed by atoms with van der Waals surface area (Å²) in [5.41, 5.74) is 2.28. The summed E-state index contributed by atoms with van der Waals surface area (Å²) in [5, 5.41) is 7.20. The summed E-state index contributed by atoms with van der Waals surface area (Å²) in [6.07, 6.45) is 1.89. The highest BCUT2D eigenvalue weighted by molar-refractivity contribution is 9.11. The summed E-state index contributed by atoms with van der Waals surface area (Å²) < 4.78 is 1.14. The Kier molecular flexibility index (Phi) is 6.37. The maximum Gasteiger partial charge on any atom is 0.0701 e. The lowest BCUT2D eigenvalue weighted by molar-refractivity contribution is 0.530. The Bertz CT molecular complexity index is 551. The van der Waals surface area contributed by atoms with Crippen LogP contribution in [0.4, 0.5) is 0 Å². The van der Waals surface area contributed by atoms with Gasteiger partial charge in [-0.15, -0.1) is 11.3 Å². The lowest BCUT2D eigenvalue weighted by Gasteiger charge is -2.19. The highest BCUT2D eigenvalue weighted by Gasteiger charge is 2.16. The minimum absolute atomic E-state index is 0.231. The maximum atomic E-state index is 6.28. The van der Waals surface area contributed by atoms with E-state index in [4.69, 9.17) is 23.2 Å². The summed E-state index contributed by atoms with van der Waals surface area (Å²) in [6, 6.07) is 8.05. The quantitative estimate of drug-likeness (QED) is 0.625. The number of benzene rings is 1. The third-order valence-electron chi connectivity index (χ3n) is 3.10. The largest absolute Gasteiger partial charge is 0.310 e. The third-order valence-corrected chi connectivity index (χ3v) is 5.33. The number of nitrogens with one attached hydrogen (secondary N) is 1. The lowest BCUT2D eigenvalue weighted by atomic mass is 10.0. The Balaban J connectivity index is 2.23. The second-order valence-electron chi connectivity index (χ2n) is 4.60. The Morgan fingerprint density at radius 2 is 2.00 bits per heavy atom. The molecule has 0 aliphatic rings. The van der Waals surface area contributed by atoms with Gasteiger partial charge in [0.15, 0.2) is 0 Å². The van der Waals surface area contributed by atoms with Gasteiger partial charge in [0.1, 0.15) is 0 Å². The highest BCUT2D eigenvalue weighted by Crippen LogP contribution is 2.32. The molecule has 1 unspecified atom stereocenters. The van der Waals surface area contributed by atoms with Crippen molar-refractivity contribution in [1.29, 1.82) is 0 Å². The van der Waals surface area contributed by atoms with Crippen LogP contribution in [0.15, 0.2) is 33.4 Å². The molecule has 0 amide bonds. The average molecular weight is 393 g/mol. The third kappa shape index (κ3) is 4.22. The van der Waals surface area contributed by atoms with E-state index in [9.17, 15) is 0 Å². The predicted octanol–water partition coefficient (Wildman–Crippen LogP) is 6.10. The topological polar surface area (TPSA) is 12.0 Å². The van der Waals surface area contributed by atoms with Gasteiger partial charge in [-0.05, 0) is 70.0 Å². The minimum Gasteiger partial charge on any atom is -0.310 e. The van der Waals surface area contributed by atoms with Gasteiger partial charge in [0.2, 0.25) is 0 Å². The first kappa shape index (κ1) is 16.3. The fourth-order valence-electron chi connectivity index (χ4n) is 2.06. The fraction of sp³-hybridized carbons (Fsp3) is 0.333. The van der Waals surface area contributed by atoms with Crippen LogP contribution in [0, 0.1) is 0 Å². The average Bonchev–Trinajstić information content (AvgIpc) is 2.84. The first-order chi connectivity index (χ1) is 9.61. The van der Waals surface area contributed by atoms with E-state index in [0.29, 0.717) is 0 Å². The van der Waals surface area contributed by atoms with Crippen LogP contribution in [-0.4, -0.2) is 6.54 Å². The molecule has 0 spiro atoms. The van der Waals surface area contributed by atoms with Crippen LogP contribution in [0.1, 0.15) is 30.5 Å². The van der Waals surface area contributed by atoms with Crippen molar-refractivity contribution in [3.63, 3.8) is 0 Å². The molecule has 1 atom stereocenters. The molecular formula is C15H16BrCl2NS. The van der Waals surface area contributed by atoms with Crippen molar-refractivity contribution in [2.24, 2.45) is 0 Å². The van der Waals surface area contributed by atoms with Crippen molar-refractivity contribution in [2.45, 2.75) is 25.8 Å². The van der Waals surface area contributed by atoms with Gasteiger partial charge in [0.25, 0.3) is 0 Å². The van der Waals surface area contributed by atoms with Gasteiger partial charge in [0.05, 0.1) is 3.79 Å². The standard InChI is InChI=1S/C15H16BrCl2NS/c1-2-6-19-14(10-7-15(16)20-9-10)8-11-12(17)4-3-5-13(11)18/h3-5,7,9,14,19H,2,6,8H2,1H3.